The third-order valence-electron chi connectivity index (χ3n) is 4.69. The van der Waals surface area contributed by atoms with Gasteiger partial charge in [0.15, 0.2) is 0 Å². The summed E-state index contributed by atoms with van der Waals surface area (Å²) in [5, 5.41) is 2.95. The third kappa shape index (κ3) is 4.82. The van der Waals surface area contributed by atoms with Gasteiger partial charge >= 0.3 is 0 Å². The second-order valence-corrected chi connectivity index (χ2v) is 7.01. The normalized spacial score (nSPS) is 10.8. The first-order chi connectivity index (χ1) is 14.2. The smallest absolute Gasteiger partial charge is 0.251 e. The van der Waals surface area contributed by atoms with Crippen LogP contribution >= 0.6 is 0 Å². The fourth-order valence-electron chi connectivity index (χ4n) is 3.15. The highest BCUT2D eigenvalue weighted by molar-refractivity contribution is 5.94. The van der Waals surface area contributed by atoms with Gasteiger partial charge in [-0.3, -0.25) is 4.79 Å². The fraction of sp³-hybridized carbons (Fsp3) is 0.167. The van der Waals surface area contributed by atoms with Crippen LogP contribution in [0.2, 0.25) is 0 Å². The molecule has 0 aliphatic rings. The lowest BCUT2D eigenvalue weighted by molar-refractivity contribution is 0.0954. The molecule has 0 saturated carbocycles. The Hall–Kier alpha value is -3.60. The molecule has 0 unspecified atom stereocenters. The number of amides is 1. The van der Waals surface area contributed by atoms with Crippen LogP contribution in [0.15, 0.2) is 79.1 Å². The van der Waals surface area contributed by atoms with Crippen LogP contribution in [0.25, 0.3) is 5.65 Å². The molecule has 0 radical (unpaired) electrons. The van der Waals surface area contributed by atoms with E-state index in [1.165, 1.54) is 11.1 Å². The average molecular weight is 385 g/mol. The van der Waals surface area contributed by atoms with Gasteiger partial charge in [0.2, 0.25) is 0 Å². The van der Waals surface area contributed by atoms with E-state index in [1.54, 1.807) is 12.1 Å². The van der Waals surface area contributed by atoms with Crippen LogP contribution in [-0.4, -0.2) is 21.8 Å². The number of hydrogen-bond donors (Lipinski definition) is 1. The lowest BCUT2D eigenvalue weighted by atomic mass is 10.1. The molecule has 1 N–H and O–H groups in total. The number of imidazole rings is 1. The Morgan fingerprint density at radius 1 is 1.00 bits per heavy atom. The zero-order valence-electron chi connectivity index (χ0n) is 16.3. The van der Waals surface area contributed by atoms with E-state index < -0.39 is 0 Å². The molecule has 0 aliphatic carbocycles. The number of nitrogens with one attached hydrogen (secondary N) is 1. The first kappa shape index (κ1) is 18.7. The summed E-state index contributed by atoms with van der Waals surface area (Å²) < 4.78 is 7.81. The van der Waals surface area contributed by atoms with E-state index in [-0.39, 0.29) is 5.91 Å². The zero-order valence-corrected chi connectivity index (χ0v) is 16.3. The topological polar surface area (TPSA) is 55.6 Å². The number of nitrogens with zero attached hydrogens (tertiary/aromatic N) is 2. The Morgan fingerprint density at radius 2 is 1.79 bits per heavy atom. The minimum absolute atomic E-state index is 0.0804. The number of rotatable bonds is 7. The molecule has 4 aromatic rings. The molecule has 2 heterocycles. The fourth-order valence-corrected chi connectivity index (χ4v) is 3.15. The van der Waals surface area contributed by atoms with Gasteiger partial charge in [-0.25, -0.2) is 4.98 Å². The summed E-state index contributed by atoms with van der Waals surface area (Å²) in [5.74, 6) is 0.627. The van der Waals surface area contributed by atoms with Gasteiger partial charge in [-0.05, 0) is 54.8 Å². The van der Waals surface area contributed by atoms with E-state index in [0.717, 1.165) is 17.8 Å². The average Bonchev–Trinajstić information content (AvgIpc) is 3.15. The SMILES string of the molecule is Cc1ccc2nc(COc3ccc(C(=O)NCCc4ccccc4)cc3)cn2c1. The van der Waals surface area contributed by atoms with Gasteiger partial charge in [0, 0.05) is 24.5 Å². The summed E-state index contributed by atoms with van der Waals surface area (Å²) in [4.78, 5) is 16.8. The maximum atomic E-state index is 12.3. The number of aryl methyl sites for hydroxylation is 1. The van der Waals surface area contributed by atoms with Crippen molar-refractivity contribution in [1.82, 2.24) is 14.7 Å². The molecular formula is C24H23N3O2. The largest absolute Gasteiger partial charge is 0.487 e. The molecule has 0 aliphatic heterocycles. The van der Waals surface area contributed by atoms with Gasteiger partial charge in [-0.1, -0.05) is 36.4 Å². The number of hydrogen-bond acceptors (Lipinski definition) is 3. The maximum Gasteiger partial charge on any atom is 0.251 e. The first-order valence-corrected chi connectivity index (χ1v) is 9.66. The van der Waals surface area contributed by atoms with E-state index >= 15 is 0 Å². The number of carbonyl (C=O) groups excluding carboxylic acids is 1. The predicted molar refractivity (Wildman–Crippen MR) is 113 cm³/mol. The number of fused-ring (bicyclic) bond motifs is 1. The number of ether oxygens (including phenoxy) is 1. The molecular weight excluding hydrogens is 362 g/mol. The summed E-state index contributed by atoms with van der Waals surface area (Å²) in [6.07, 6.45) is 4.82. The monoisotopic (exact) mass is 385 g/mol. The molecule has 0 bridgehead atoms. The standard InChI is InChI=1S/C24H23N3O2/c1-18-7-12-23-26-21(16-27(23)15-18)17-29-22-10-8-20(9-11-22)24(28)25-14-13-19-5-3-2-4-6-19/h2-12,15-16H,13-14,17H2,1H3,(H,25,28). The first-order valence-electron chi connectivity index (χ1n) is 9.66. The van der Waals surface area contributed by atoms with Crippen molar-refractivity contribution in [2.75, 3.05) is 6.54 Å². The van der Waals surface area contributed by atoms with Crippen LogP contribution in [0.1, 0.15) is 27.2 Å². The van der Waals surface area contributed by atoms with E-state index in [1.807, 2.05) is 59.3 Å². The second kappa shape index (κ2) is 8.61. The molecule has 2 aromatic carbocycles. The van der Waals surface area contributed by atoms with Crippen LogP contribution < -0.4 is 10.1 Å². The van der Waals surface area contributed by atoms with Crippen LogP contribution in [0.3, 0.4) is 0 Å². The Kier molecular flexibility index (Phi) is 5.56. The Bertz CT molecular complexity index is 1100. The molecule has 5 nitrogen and oxygen atoms in total. The zero-order chi connectivity index (χ0) is 20.1. The number of benzene rings is 2. The highest BCUT2D eigenvalue weighted by Crippen LogP contribution is 2.15. The molecule has 0 spiro atoms. The van der Waals surface area contributed by atoms with E-state index in [0.29, 0.717) is 24.5 Å². The molecule has 0 atom stereocenters. The summed E-state index contributed by atoms with van der Waals surface area (Å²) in [6.45, 7) is 3.03. The molecule has 5 heteroatoms. The summed E-state index contributed by atoms with van der Waals surface area (Å²) in [7, 11) is 0. The van der Waals surface area contributed by atoms with Crippen molar-refractivity contribution in [2.45, 2.75) is 20.0 Å². The number of aromatic nitrogens is 2. The molecule has 4 rings (SSSR count). The molecule has 0 fully saturated rings. The maximum absolute atomic E-state index is 12.3. The van der Waals surface area contributed by atoms with Crippen molar-refractivity contribution in [3.05, 3.63) is 102 Å². The van der Waals surface area contributed by atoms with Crippen molar-refractivity contribution in [3.63, 3.8) is 0 Å². The van der Waals surface area contributed by atoms with Gasteiger partial charge in [0.1, 0.15) is 18.0 Å². The third-order valence-corrected chi connectivity index (χ3v) is 4.69. The Labute approximate surface area is 170 Å². The van der Waals surface area contributed by atoms with Crippen molar-refractivity contribution < 1.29 is 9.53 Å². The molecule has 2 aromatic heterocycles. The van der Waals surface area contributed by atoms with Gasteiger partial charge in [-0.2, -0.15) is 0 Å². The van der Waals surface area contributed by atoms with Crippen LogP contribution in [0, 0.1) is 6.92 Å². The van der Waals surface area contributed by atoms with Crippen molar-refractivity contribution >= 4 is 11.6 Å². The summed E-state index contributed by atoms with van der Waals surface area (Å²) in [6, 6.07) is 21.3. The van der Waals surface area contributed by atoms with Gasteiger partial charge < -0.3 is 14.5 Å². The molecule has 29 heavy (non-hydrogen) atoms. The second-order valence-electron chi connectivity index (χ2n) is 7.01. The highest BCUT2D eigenvalue weighted by Gasteiger charge is 2.07. The predicted octanol–water partition coefficient (Wildman–Crippen LogP) is 4.19. The lowest BCUT2D eigenvalue weighted by Crippen LogP contribution is -2.25. The van der Waals surface area contributed by atoms with Crippen molar-refractivity contribution in [3.8, 4) is 5.75 Å². The van der Waals surface area contributed by atoms with Crippen molar-refractivity contribution in [2.24, 2.45) is 0 Å². The van der Waals surface area contributed by atoms with Gasteiger partial charge in [0.25, 0.3) is 5.91 Å². The Balaban J connectivity index is 1.29. The van der Waals surface area contributed by atoms with Crippen molar-refractivity contribution in [1.29, 1.82) is 0 Å². The quantitative estimate of drug-likeness (QED) is 0.519. The van der Waals surface area contributed by atoms with E-state index in [2.05, 4.69) is 29.4 Å². The minimum atomic E-state index is -0.0804. The van der Waals surface area contributed by atoms with Crippen LogP contribution in [-0.2, 0) is 13.0 Å². The number of carbonyl (C=O) groups is 1. The molecule has 0 saturated heterocycles. The Morgan fingerprint density at radius 3 is 2.59 bits per heavy atom. The van der Waals surface area contributed by atoms with E-state index in [9.17, 15) is 4.79 Å². The van der Waals surface area contributed by atoms with Crippen LogP contribution in [0.4, 0.5) is 0 Å². The van der Waals surface area contributed by atoms with E-state index in [4.69, 9.17) is 4.74 Å². The summed E-state index contributed by atoms with van der Waals surface area (Å²) in [5.41, 5.74) is 4.77. The molecule has 146 valence electrons. The lowest BCUT2D eigenvalue weighted by Gasteiger charge is -2.07. The summed E-state index contributed by atoms with van der Waals surface area (Å²) >= 11 is 0. The van der Waals surface area contributed by atoms with Crippen LogP contribution in [0.5, 0.6) is 5.75 Å². The highest BCUT2D eigenvalue weighted by atomic mass is 16.5. The van der Waals surface area contributed by atoms with Gasteiger partial charge in [0.05, 0.1) is 5.69 Å². The number of pyridine rings is 1. The molecule has 1 amide bonds. The minimum Gasteiger partial charge on any atom is -0.487 e. The van der Waals surface area contributed by atoms with Gasteiger partial charge in [-0.15, -0.1) is 0 Å².